The Morgan fingerprint density at radius 3 is 1.14 bits per heavy atom. The van der Waals surface area contributed by atoms with E-state index in [0.717, 1.165) is 12.2 Å². The molecule has 0 fully saturated rings. The van der Waals surface area contributed by atoms with Crippen LogP contribution in [0, 0.1) is 0 Å². The van der Waals surface area contributed by atoms with Crippen LogP contribution in [0.15, 0.2) is 25.3 Å². The predicted molar refractivity (Wildman–Crippen MR) is 51.5 cm³/mol. The zero-order valence-corrected chi connectivity index (χ0v) is 8.32. The van der Waals surface area contributed by atoms with E-state index >= 15 is 0 Å². The van der Waals surface area contributed by atoms with E-state index in [1.165, 1.54) is 14.2 Å². The molecule has 0 aromatic rings. The van der Waals surface area contributed by atoms with Crippen LogP contribution in [0.1, 0.15) is 0 Å². The van der Waals surface area contributed by atoms with Gasteiger partial charge >= 0.3 is 11.9 Å². The molecule has 0 aliphatic heterocycles. The molecule has 0 rings (SSSR count). The summed E-state index contributed by atoms with van der Waals surface area (Å²) in [5, 5.41) is 0. The highest BCUT2D eigenvalue weighted by Gasteiger charge is 1.82. The SMILES string of the molecule is C=CC(=O)OC.C=CC(=O)OC.C=O. The molecule has 80 valence electrons. The minimum atomic E-state index is -0.394. The molecule has 0 atom stereocenters. The second-order valence-corrected chi connectivity index (χ2v) is 1.45. The third kappa shape index (κ3) is 22.5. The molecule has 0 amide bonds. The first kappa shape index (κ1) is 18.0. The summed E-state index contributed by atoms with van der Waals surface area (Å²) in [5.74, 6) is -0.787. The summed E-state index contributed by atoms with van der Waals surface area (Å²) in [6, 6.07) is 0. The highest BCUT2D eigenvalue weighted by Crippen LogP contribution is 1.68. The number of carbonyl (C=O) groups excluding carboxylic acids is 3. The number of rotatable bonds is 2. The van der Waals surface area contributed by atoms with E-state index in [2.05, 4.69) is 22.6 Å². The van der Waals surface area contributed by atoms with Gasteiger partial charge in [-0.05, 0) is 0 Å². The second-order valence-electron chi connectivity index (χ2n) is 1.45. The topological polar surface area (TPSA) is 69.7 Å². The van der Waals surface area contributed by atoms with Crippen molar-refractivity contribution in [2.24, 2.45) is 0 Å². The Bertz CT molecular complexity index is 166. The summed E-state index contributed by atoms with van der Waals surface area (Å²) in [4.78, 5) is 27.7. The molecule has 0 aromatic heterocycles. The predicted octanol–water partition coefficient (Wildman–Crippen LogP) is 0.506. The average Bonchev–Trinajstić information content (AvgIpc) is 2.30. The van der Waals surface area contributed by atoms with Crippen molar-refractivity contribution in [2.45, 2.75) is 0 Å². The lowest BCUT2D eigenvalue weighted by molar-refractivity contribution is -0.135. The highest BCUT2D eigenvalue weighted by molar-refractivity contribution is 5.81. The fourth-order valence-electron chi connectivity index (χ4n) is 0.167. The maximum Gasteiger partial charge on any atom is 0.329 e. The Morgan fingerprint density at radius 1 is 0.929 bits per heavy atom. The lowest BCUT2D eigenvalue weighted by Crippen LogP contribution is -1.91. The van der Waals surface area contributed by atoms with Crippen LogP contribution in [0.25, 0.3) is 0 Å². The molecule has 0 spiro atoms. The zero-order valence-electron chi connectivity index (χ0n) is 8.32. The van der Waals surface area contributed by atoms with Gasteiger partial charge in [0.25, 0.3) is 0 Å². The molecule has 0 aromatic carbocycles. The third-order valence-corrected chi connectivity index (χ3v) is 0.736. The Balaban J connectivity index is -0.000000147. The molecular weight excluding hydrogens is 188 g/mol. The monoisotopic (exact) mass is 202 g/mol. The van der Waals surface area contributed by atoms with Crippen LogP contribution in [0.3, 0.4) is 0 Å². The van der Waals surface area contributed by atoms with Crippen molar-refractivity contribution >= 4 is 18.7 Å². The van der Waals surface area contributed by atoms with Gasteiger partial charge in [0.2, 0.25) is 0 Å². The van der Waals surface area contributed by atoms with Crippen molar-refractivity contribution in [2.75, 3.05) is 14.2 Å². The third-order valence-electron chi connectivity index (χ3n) is 0.736. The molecule has 0 bridgehead atoms. The quantitative estimate of drug-likeness (QED) is 0.482. The van der Waals surface area contributed by atoms with Gasteiger partial charge in [-0.3, -0.25) is 0 Å². The summed E-state index contributed by atoms with van der Waals surface area (Å²) in [5.41, 5.74) is 0. The molecule has 0 heterocycles. The van der Waals surface area contributed by atoms with Gasteiger partial charge in [-0.15, -0.1) is 0 Å². The summed E-state index contributed by atoms with van der Waals surface area (Å²) in [6.07, 6.45) is 2.22. The summed E-state index contributed by atoms with van der Waals surface area (Å²) < 4.78 is 8.28. The van der Waals surface area contributed by atoms with Gasteiger partial charge in [-0.1, -0.05) is 13.2 Å². The van der Waals surface area contributed by atoms with Crippen molar-refractivity contribution in [3.8, 4) is 0 Å². The zero-order chi connectivity index (χ0) is 12.0. The Hall–Kier alpha value is -1.91. The van der Waals surface area contributed by atoms with Gasteiger partial charge in [0, 0.05) is 12.2 Å². The maximum absolute atomic E-state index is 9.84. The van der Waals surface area contributed by atoms with Gasteiger partial charge < -0.3 is 14.3 Å². The standard InChI is InChI=1S/2C4H6O2.CH2O/c2*1-3-4(5)6-2;1-2/h2*3H,1H2,2H3;1H2. The van der Waals surface area contributed by atoms with Gasteiger partial charge in [-0.2, -0.15) is 0 Å². The molecule has 0 saturated carbocycles. The van der Waals surface area contributed by atoms with E-state index in [-0.39, 0.29) is 0 Å². The normalized spacial score (nSPS) is 6.14. The van der Waals surface area contributed by atoms with E-state index in [1.54, 1.807) is 0 Å². The van der Waals surface area contributed by atoms with E-state index in [9.17, 15) is 9.59 Å². The molecule has 0 aliphatic carbocycles. The number of methoxy groups -OCH3 is 2. The molecule has 0 radical (unpaired) electrons. The van der Waals surface area contributed by atoms with Gasteiger partial charge in [-0.25, -0.2) is 9.59 Å². The van der Waals surface area contributed by atoms with Crippen LogP contribution in [-0.4, -0.2) is 32.9 Å². The Kier molecular flexibility index (Phi) is 22.2. The van der Waals surface area contributed by atoms with Crippen LogP contribution in [0.5, 0.6) is 0 Å². The smallest absolute Gasteiger partial charge is 0.329 e. The van der Waals surface area contributed by atoms with Crippen molar-refractivity contribution in [1.82, 2.24) is 0 Å². The van der Waals surface area contributed by atoms with Gasteiger partial charge in [0.15, 0.2) is 0 Å². The first-order valence-corrected chi connectivity index (χ1v) is 3.32. The summed E-state index contributed by atoms with van der Waals surface area (Å²) in [7, 11) is 2.62. The minimum absolute atomic E-state index is 0.394. The Morgan fingerprint density at radius 2 is 1.14 bits per heavy atom. The van der Waals surface area contributed by atoms with Crippen LogP contribution in [0.2, 0.25) is 0 Å². The summed E-state index contributed by atoms with van der Waals surface area (Å²) >= 11 is 0. The van der Waals surface area contributed by atoms with E-state index < -0.39 is 11.9 Å². The van der Waals surface area contributed by atoms with Crippen molar-refractivity contribution in [1.29, 1.82) is 0 Å². The number of ether oxygens (including phenoxy) is 2. The van der Waals surface area contributed by atoms with Gasteiger partial charge in [0.1, 0.15) is 6.79 Å². The fraction of sp³-hybridized carbons (Fsp3) is 0.222. The highest BCUT2D eigenvalue weighted by atomic mass is 16.5. The number of hydrogen-bond acceptors (Lipinski definition) is 5. The molecular formula is C9H14O5. The molecule has 0 unspecified atom stereocenters. The first-order valence-electron chi connectivity index (χ1n) is 3.32. The van der Waals surface area contributed by atoms with Crippen LogP contribution >= 0.6 is 0 Å². The molecule has 5 nitrogen and oxygen atoms in total. The summed E-state index contributed by atoms with van der Waals surface area (Å²) in [6.45, 7) is 8.31. The lowest BCUT2D eigenvalue weighted by Gasteiger charge is -1.83. The van der Waals surface area contributed by atoms with Crippen molar-refractivity contribution < 1.29 is 23.9 Å². The van der Waals surface area contributed by atoms with Gasteiger partial charge in [0.05, 0.1) is 14.2 Å². The first-order chi connectivity index (χ1) is 6.62. The maximum atomic E-state index is 9.84. The molecule has 5 heteroatoms. The average molecular weight is 202 g/mol. The number of hydrogen-bond donors (Lipinski definition) is 0. The molecule has 0 saturated heterocycles. The van der Waals surface area contributed by atoms with Crippen LogP contribution in [-0.2, 0) is 23.9 Å². The molecule has 0 N–H and O–H groups in total. The molecule has 14 heavy (non-hydrogen) atoms. The second kappa shape index (κ2) is 17.3. The lowest BCUT2D eigenvalue weighted by atomic mass is 10.7. The fourth-order valence-corrected chi connectivity index (χ4v) is 0.167. The van der Waals surface area contributed by atoms with Crippen molar-refractivity contribution in [3.63, 3.8) is 0 Å². The molecule has 0 aliphatic rings. The van der Waals surface area contributed by atoms with Crippen molar-refractivity contribution in [3.05, 3.63) is 25.3 Å². The van der Waals surface area contributed by atoms with Crippen LogP contribution in [0.4, 0.5) is 0 Å². The largest absolute Gasteiger partial charge is 0.466 e. The van der Waals surface area contributed by atoms with E-state index in [1.807, 2.05) is 6.79 Å². The van der Waals surface area contributed by atoms with E-state index in [0.29, 0.717) is 0 Å². The Labute approximate surface area is 83.0 Å². The van der Waals surface area contributed by atoms with E-state index in [4.69, 9.17) is 4.79 Å². The number of carbonyl (C=O) groups is 3. The van der Waals surface area contributed by atoms with Crippen LogP contribution < -0.4 is 0 Å². The number of esters is 2. The minimum Gasteiger partial charge on any atom is -0.466 e.